The molecule has 0 unspecified atom stereocenters. The van der Waals surface area contributed by atoms with Gasteiger partial charge in [0, 0.05) is 24.2 Å². The number of rotatable bonds is 6. The number of nitrogens with zero attached hydrogens (tertiary/aromatic N) is 1. The molecule has 1 fully saturated rings. The molecule has 0 N–H and O–H groups in total. The molecule has 1 aliphatic rings. The first-order chi connectivity index (χ1) is 14.4. The maximum atomic E-state index is 14.2. The van der Waals surface area contributed by atoms with Gasteiger partial charge in [-0.15, -0.1) is 0 Å². The quantitative estimate of drug-likeness (QED) is 0.693. The van der Waals surface area contributed by atoms with Crippen LogP contribution >= 0.6 is 0 Å². The molecule has 6 nitrogen and oxygen atoms in total. The van der Waals surface area contributed by atoms with Gasteiger partial charge in [-0.05, 0) is 44.5 Å². The lowest BCUT2D eigenvalue weighted by Crippen LogP contribution is -2.33. The van der Waals surface area contributed by atoms with Crippen molar-refractivity contribution in [3.63, 3.8) is 0 Å². The smallest absolute Gasteiger partial charge is 0.254 e. The van der Waals surface area contributed by atoms with E-state index in [0.29, 0.717) is 30.3 Å². The molecule has 1 atom stereocenters. The Hall–Kier alpha value is -2.61. The lowest BCUT2D eigenvalue weighted by atomic mass is 10.1. The Morgan fingerprint density at radius 3 is 2.47 bits per heavy atom. The van der Waals surface area contributed by atoms with E-state index in [0.717, 1.165) is 0 Å². The summed E-state index contributed by atoms with van der Waals surface area (Å²) in [6.45, 7) is 4.86. The zero-order chi connectivity index (χ0) is 21.7. The second-order valence-corrected chi connectivity index (χ2v) is 9.29. The molecule has 1 aliphatic heterocycles. The van der Waals surface area contributed by atoms with Gasteiger partial charge < -0.3 is 14.4 Å². The number of halogens is 1. The van der Waals surface area contributed by atoms with E-state index in [1.807, 2.05) is 13.8 Å². The molecule has 0 spiro atoms. The third-order valence-electron chi connectivity index (χ3n) is 5.07. The lowest BCUT2D eigenvalue weighted by molar-refractivity contribution is 0.0766. The van der Waals surface area contributed by atoms with E-state index in [4.69, 9.17) is 9.47 Å². The highest BCUT2D eigenvalue weighted by Gasteiger charge is 2.34. The summed E-state index contributed by atoms with van der Waals surface area (Å²) in [5, 5.41) is -0.962. The van der Waals surface area contributed by atoms with Crippen molar-refractivity contribution in [2.45, 2.75) is 25.5 Å². The molecule has 30 heavy (non-hydrogen) atoms. The summed E-state index contributed by atoms with van der Waals surface area (Å²) in [5.74, 6) is -0.0273. The molecule has 3 rings (SSSR count). The number of amides is 1. The van der Waals surface area contributed by atoms with Gasteiger partial charge in [0.1, 0.15) is 5.82 Å². The zero-order valence-electron chi connectivity index (χ0n) is 17.1. The van der Waals surface area contributed by atoms with Gasteiger partial charge in [0.05, 0.1) is 24.2 Å². The number of hydrogen-bond donors (Lipinski definition) is 0. The predicted molar refractivity (Wildman–Crippen MR) is 112 cm³/mol. The maximum Gasteiger partial charge on any atom is 0.254 e. The Morgan fingerprint density at radius 1 is 1.07 bits per heavy atom. The number of carbonyl (C=O) groups is 1. The Morgan fingerprint density at radius 2 is 1.77 bits per heavy atom. The summed E-state index contributed by atoms with van der Waals surface area (Å²) in [5.41, 5.74) is 0.551. The van der Waals surface area contributed by atoms with E-state index in [9.17, 15) is 17.6 Å². The second kappa shape index (κ2) is 9.47. The highest BCUT2D eigenvalue weighted by molar-refractivity contribution is 7.91. The number of hydrogen-bond acceptors (Lipinski definition) is 5. The summed E-state index contributed by atoms with van der Waals surface area (Å²) < 4.78 is 50.9. The fourth-order valence-electron chi connectivity index (χ4n) is 3.60. The number of sulfone groups is 1. The molecule has 0 bridgehead atoms. The molecule has 0 saturated carbocycles. The van der Waals surface area contributed by atoms with Crippen LogP contribution in [0.25, 0.3) is 0 Å². The molecule has 1 saturated heterocycles. The molecule has 162 valence electrons. The number of carbonyl (C=O) groups excluding carboxylic acids is 1. The van der Waals surface area contributed by atoms with Crippen molar-refractivity contribution in [1.29, 1.82) is 0 Å². The van der Waals surface area contributed by atoms with E-state index < -0.39 is 20.9 Å². The minimum absolute atomic E-state index is 0.0588. The Kier molecular flexibility index (Phi) is 6.97. The summed E-state index contributed by atoms with van der Waals surface area (Å²) in [6, 6.07) is 10.8. The van der Waals surface area contributed by atoms with Crippen LogP contribution in [-0.4, -0.2) is 51.3 Å². The summed E-state index contributed by atoms with van der Waals surface area (Å²) in [4.78, 5) is 14.6. The number of benzene rings is 2. The topological polar surface area (TPSA) is 72.9 Å². The van der Waals surface area contributed by atoms with Gasteiger partial charge in [-0.1, -0.05) is 18.2 Å². The normalized spacial score (nSPS) is 18.5. The maximum absolute atomic E-state index is 14.2. The van der Waals surface area contributed by atoms with Crippen molar-refractivity contribution >= 4 is 15.7 Å². The molecule has 2 aromatic carbocycles. The fourth-order valence-corrected chi connectivity index (χ4v) is 5.40. The third kappa shape index (κ3) is 4.75. The van der Waals surface area contributed by atoms with Gasteiger partial charge in [0.2, 0.25) is 0 Å². The Balaban J connectivity index is 1.83. The molecule has 0 aliphatic carbocycles. The number of ether oxygens (including phenoxy) is 2. The average molecular weight is 436 g/mol. The first-order valence-electron chi connectivity index (χ1n) is 10.0. The van der Waals surface area contributed by atoms with Gasteiger partial charge in [-0.3, -0.25) is 4.79 Å². The first kappa shape index (κ1) is 22.1. The Bertz CT molecular complexity index is 1010. The largest absolute Gasteiger partial charge is 0.490 e. The molecular formula is C22H26FNO5S. The van der Waals surface area contributed by atoms with Gasteiger partial charge >= 0.3 is 0 Å². The van der Waals surface area contributed by atoms with E-state index in [2.05, 4.69) is 0 Å². The summed E-state index contributed by atoms with van der Waals surface area (Å²) >= 11 is 0. The first-order valence-corrected chi connectivity index (χ1v) is 11.7. The molecule has 1 amide bonds. The fraction of sp³-hybridized carbons (Fsp3) is 0.409. The van der Waals surface area contributed by atoms with Gasteiger partial charge in [-0.2, -0.15) is 0 Å². The Labute approximate surface area is 176 Å². The molecule has 1 heterocycles. The van der Waals surface area contributed by atoms with E-state index in [1.165, 1.54) is 23.1 Å². The standard InChI is InChI=1S/C22H26FNO5S/c1-3-28-19-10-9-16(15-20(19)29-4-2)22(25)24-12-11-21(30(26,27)14-13-24)17-7-5-6-8-18(17)23/h5-10,15,21H,3-4,11-14H2,1-2H3/t21-/m0/s1. The van der Waals surface area contributed by atoms with Crippen molar-refractivity contribution in [2.75, 3.05) is 32.1 Å². The molecule has 8 heteroatoms. The van der Waals surface area contributed by atoms with E-state index >= 15 is 0 Å². The van der Waals surface area contributed by atoms with Crippen LogP contribution in [0.4, 0.5) is 4.39 Å². The van der Waals surface area contributed by atoms with Crippen LogP contribution in [0.1, 0.15) is 41.4 Å². The molecular weight excluding hydrogens is 409 g/mol. The highest BCUT2D eigenvalue weighted by Crippen LogP contribution is 2.33. The summed E-state index contributed by atoms with van der Waals surface area (Å²) in [6.07, 6.45) is 0.143. The van der Waals surface area contributed by atoms with Crippen LogP contribution < -0.4 is 9.47 Å². The molecule has 0 radical (unpaired) electrons. The highest BCUT2D eigenvalue weighted by atomic mass is 32.2. The van der Waals surface area contributed by atoms with Gasteiger partial charge in [0.15, 0.2) is 21.3 Å². The SMILES string of the molecule is CCOc1ccc(C(=O)N2CC[C@@H](c3ccccc3F)S(=O)(=O)CC2)cc1OCC. The second-order valence-electron chi connectivity index (χ2n) is 6.99. The average Bonchev–Trinajstić information content (AvgIpc) is 2.87. The van der Waals surface area contributed by atoms with Crippen molar-refractivity contribution in [1.82, 2.24) is 4.90 Å². The van der Waals surface area contributed by atoms with Gasteiger partial charge in [0.25, 0.3) is 5.91 Å². The van der Waals surface area contributed by atoms with Crippen molar-refractivity contribution in [3.8, 4) is 11.5 Å². The van der Waals surface area contributed by atoms with Crippen LogP contribution in [0.2, 0.25) is 0 Å². The third-order valence-corrected chi connectivity index (χ3v) is 7.18. The van der Waals surface area contributed by atoms with Crippen LogP contribution in [0.3, 0.4) is 0 Å². The minimum atomic E-state index is -3.59. The van der Waals surface area contributed by atoms with Crippen molar-refractivity contribution in [2.24, 2.45) is 0 Å². The van der Waals surface area contributed by atoms with Crippen LogP contribution in [0.15, 0.2) is 42.5 Å². The monoisotopic (exact) mass is 435 g/mol. The molecule has 2 aromatic rings. The van der Waals surface area contributed by atoms with Crippen LogP contribution in [-0.2, 0) is 9.84 Å². The lowest BCUT2D eigenvalue weighted by Gasteiger charge is -2.21. The zero-order valence-corrected chi connectivity index (χ0v) is 18.0. The van der Waals surface area contributed by atoms with E-state index in [-0.39, 0.29) is 36.7 Å². The molecule has 0 aromatic heterocycles. The van der Waals surface area contributed by atoms with Crippen molar-refractivity contribution in [3.05, 3.63) is 59.4 Å². The predicted octanol–water partition coefficient (Wildman–Crippen LogP) is 3.63. The van der Waals surface area contributed by atoms with Crippen molar-refractivity contribution < 1.29 is 27.1 Å². The van der Waals surface area contributed by atoms with Crippen LogP contribution in [0.5, 0.6) is 11.5 Å². The van der Waals surface area contributed by atoms with E-state index in [1.54, 1.807) is 24.3 Å². The van der Waals surface area contributed by atoms with Crippen LogP contribution in [0, 0.1) is 5.82 Å². The van der Waals surface area contributed by atoms with Gasteiger partial charge in [-0.25, -0.2) is 12.8 Å². The summed E-state index contributed by atoms with van der Waals surface area (Å²) in [7, 11) is -3.59. The minimum Gasteiger partial charge on any atom is -0.490 e.